The lowest BCUT2D eigenvalue weighted by Crippen LogP contribution is -2.33. The van der Waals surface area contributed by atoms with E-state index in [-0.39, 0.29) is 5.91 Å². The van der Waals surface area contributed by atoms with E-state index in [0.29, 0.717) is 12.3 Å². The van der Waals surface area contributed by atoms with Gasteiger partial charge in [0.1, 0.15) is 0 Å². The van der Waals surface area contributed by atoms with E-state index in [2.05, 4.69) is 29.0 Å². The minimum atomic E-state index is 0.237. The third-order valence-corrected chi connectivity index (χ3v) is 6.29. The summed E-state index contributed by atoms with van der Waals surface area (Å²) in [5.41, 5.74) is 9.60. The Morgan fingerprint density at radius 2 is 1.94 bits per heavy atom. The number of aromatic nitrogens is 1. The molecule has 31 heavy (non-hydrogen) atoms. The number of carbonyl (C=O) groups is 1. The Hall–Kier alpha value is -3.34. The molecule has 1 aliphatic rings. The zero-order valence-corrected chi connectivity index (χ0v) is 17.8. The first-order valence-electron chi connectivity index (χ1n) is 11.0. The molecule has 3 N–H and O–H groups in total. The van der Waals surface area contributed by atoms with Crippen molar-refractivity contribution in [1.29, 1.82) is 5.41 Å². The van der Waals surface area contributed by atoms with Gasteiger partial charge < -0.3 is 20.6 Å². The molecule has 0 radical (unpaired) electrons. The van der Waals surface area contributed by atoms with Gasteiger partial charge in [-0.25, -0.2) is 0 Å². The molecule has 5 nitrogen and oxygen atoms in total. The summed E-state index contributed by atoms with van der Waals surface area (Å²) in [7, 11) is 0. The maximum absolute atomic E-state index is 12.7. The van der Waals surface area contributed by atoms with Gasteiger partial charge in [-0.15, -0.1) is 0 Å². The summed E-state index contributed by atoms with van der Waals surface area (Å²) >= 11 is 0. The van der Waals surface area contributed by atoms with Crippen LogP contribution in [-0.4, -0.2) is 34.7 Å². The van der Waals surface area contributed by atoms with Crippen molar-refractivity contribution in [2.75, 3.05) is 13.1 Å². The molecule has 1 atom stereocenters. The lowest BCUT2D eigenvalue weighted by molar-refractivity contribution is -0.130. The van der Waals surface area contributed by atoms with Crippen LogP contribution >= 0.6 is 0 Å². The zero-order valence-electron chi connectivity index (χ0n) is 17.8. The Kier molecular flexibility index (Phi) is 6.51. The van der Waals surface area contributed by atoms with Crippen molar-refractivity contribution < 1.29 is 4.79 Å². The molecule has 0 spiro atoms. The number of nitrogens with two attached hydrogens (primary N) is 1. The second kappa shape index (κ2) is 9.65. The molecular formula is C26H30N4O. The Balaban J connectivity index is 1.39. The first kappa shape index (κ1) is 20.9. The number of hydrogen-bond acceptors (Lipinski definition) is 3. The molecule has 0 aliphatic carbocycles. The van der Waals surface area contributed by atoms with Gasteiger partial charge in [-0.2, -0.15) is 0 Å². The predicted octanol–water partition coefficient (Wildman–Crippen LogP) is 4.46. The van der Waals surface area contributed by atoms with E-state index in [9.17, 15) is 4.79 Å². The molecule has 1 fully saturated rings. The number of allylic oxidation sites excluding steroid dienone is 1. The van der Waals surface area contributed by atoms with Crippen LogP contribution < -0.4 is 5.73 Å². The molecule has 1 amide bonds. The second-order valence-corrected chi connectivity index (χ2v) is 8.35. The van der Waals surface area contributed by atoms with Gasteiger partial charge in [-0.05, 0) is 54.5 Å². The molecule has 2 heterocycles. The van der Waals surface area contributed by atoms with Crippen LogP contribution in [0, 0.1) is 11.3 Å². The number of fused-ring (bicyclic) bond motifs is 1. The van der Waals surface area contributed by atoms with Crippen LogP contribution in [0.2, 0.25) is 0 Å². The minimum absolute atomic E-state index is 0.237. The molecule has 1 unspecified atom stereocenters. The number of nitrogens with one attached hydrogen (secondary N) is 1. The van der Waals surface area contributed by atoms with Crippen molar-refractivity contribution in [2.24, 2.45) is 11.7 Å². The van der Waals surface area contributed by atoms with E-state index in [4.69, 9.17) is 11.1 Å². The smallest absolute Gasteiger partial charge is 0.226 e. The van der Waals surface area contributed by atoms with Crippen molar-refractivity contribution in [3.8, 4) is 0 Å². The van der Waals surface area contributed by atoms with E-state index < -0.39 is 0 Å². The monoisotopic (exact) mass is 414 g/mol. The van der Waals surface area contributed by atoms with Crippen LogP contribution in [0.5, 0.6) is 0 Å². The highest BCUT2D eigenvalue weighted by molar-refractivity contribution is 6.09. The molecule has 4 rings (SSSR count). The molecular weight excluding hydrogens is 384 g/mol. The van der Waals surface area contributed by atoms with E-state index in [0.717, 1.165) is 61.0 Å². The maximum atomic E-state index is 12.7. The standard InChI is InChI=1S/C26H30N4O/c27-17-24(18-28)22-8-9-25-23(16-22)11-14-30(25)19-21-7-4-12-29(13-10-21)26(31)15-20-5-2-1-3-6-20/h1-3,5-6,8-9,11,14,16-18,21,27H,4,7,10,12-13,15,19,28H2/b24-18+,27-17?. The van der Waals surface area contributed by atoms with Crippen LogP contribution in [0.4, 0.5) is 0 Å². The highest BCUT2D eigenvalue weighted by Gasteiger charge is 2.21. The Morgan fingerprint density at radius 1 is 1.10 bits per heavy atom. The topological polar surface area (TPSA) is 75.1 Å². The first-order valence-corrected chi connectivity index (χ1v) is 11.0. The molecule has 1 aliphatic heterocycles. The summed E-state index contributed by atoms with van der Waals surface area (Å²) in [4.78, 5) is 14.8. The van der Waals surface area contributed by atoms with E-state index in [1.54, 1.807) is 0 Å². The Morgan fingerprint density at radius 3 is 2.71 bits per heavy atom. The first-order chi connectivity index (χ1) is 15.2. The summed E-state index contributed by atoms with van der Waals surface area (Å²) in [6, 6.07) is 18.4. The van der Waals surface area contributed by atoms with Crippen LogP contribution in [-0.2, 0) is 17.8 Å². The number of nitrogens with zero attached hydrogens (tertiary/aromatic N) is 2. The molecule has 1 aromatic heterocycles. The number of carbonyl (C=O) groups excluding carboxylic acids is 1. The predicted molar refractivity (Wildman–Crippen MR) is 127 cm³/mol. The highest BCUT2D eigenvalue weighted by Crippen LogP contribution is 2.25. The average Bonchev–Trinajstić information content (AvgIpc) is 3.03. The summed E-state index contributed by atoms with van der Waals surface area (Å²) in [6.07, 6.45) is 8.63. The molecule has 2 aromatic carbocycles. The van der Waals surface area contributed by atoms with Gasteiger partial charge >= 0.3 is 0 Å². The largest absolute Gasteiger partial charge is 0.404 e. The Bertz CT molecular complexity index is 1080. The fraction of sp³-hybridized carbons (Fsp3) is 0.308. The van der Waals surface area contributed by atoms with E-state index in [1.165, 1.54) is 17.9 Å². The second-order valence-electron chi connectivity index (χ2n) is 8.35. The van der Waals surface area contributed by atoms with Crippen LogP contribution in [0.15, 0.2) is 67.0 Å². The summed E-state index contributed by atoms with van der Waals surface area (Å²) < 4.78 is 2.32. The lowest BCUT2D eigenvalue weighted by Gasteiger charge is -2.21. The van der Waals surface area contributed by atoms with Gasteiger partial charge in [0.25, 0.3) is 0 Å². The molecule has 3 aromatic rings. The van der Waals surface area contributed by atoms with Gasteiger partial charge in [0.05, 0.1) is 6.42 Å². The fourth-order valence-corrected chi connectivity index (χ4v) is 4.52. The number of hydrogen-bond donors (Lipinski definition) is 2. The van der Waals surface area contributed by atoms with Crippen molar-refractivity contribution >= 4 is 28.6 Å². The van der Waals surface area contributed by atoms with Gasteiger partial charge in [-0.3, -0.25) is 4.79 Å². The van der Waals surface area contributed by atoms with Crippen molar-refractivity contribution in [3.63, 3.8) is 0 Å². The van der Waals surface area contributed by atoms with Crippen LogP contribution in [0.3, 0.4) is 0 Å². The van der Waals surface area contributed by atoms with Gasteiger partial charge in [0.15, 0.2) is 0 Å². The summed E-state index contributed by atoms with van der Waals surface area (Å²) in [5.74, 6) is 0.798. The lowest BCUT2D eigenvalue weighted by atomic mass is 10.0. The Labute approximate surface area is 183 Å². The van der Waals surface area contributed by atoms with E-state index >= 15 is 0 Å². The maximum Gasteiger partial charge on any atom is 0.226 e. The molecule has 0 saturated carbocycles. The van der Waals surface area contributed by atoms with Gasteiger partial charge in [0, 0.05) is 54.7 Å². The van der Waals surface area contributed by atoms with Crippen molar-refractivity contribution in [2.45, 2.75) is 32.2 Å². The summed E-state index contributed by atoms with van der Waals surface area (Å²) in [6.45, 7) is 2.66. The van der Waals surface area contributed by atoms with Crippen molar-refractivity contribution in [1.82, 2.24) is 9.47 Å². The summed E-state index contributed by atoms with van der Waals surface area (Å²) in [5, 5.41) is 8.66. The van der Waals surface area contributed by atoms with Crippen molar-refractivity contribution in [3.05, 3.63) is 78.1 Å². The van der Waals surface area contributed by atoms with E-state index in [1.807, 2.05) is 41.3 Å². The quantitative estimate of drug-likeness (QED) is 0.584. The number of rotatable bonds is 6. The number of amides is 1. The zero-order chi connectivity index (χ0) is 21.6. The third kappa shape index (κ3) is 4.88. The molecule has 160 valence electrons. The van der Waals surface area contributed by atoms with Gasteiger partial charge in [-0.1, -0.05) is 36.4 Å². The van der Waals surface area contributed by atoms with Gasteiger partial charge in [0.2, 0.25) is 5.91 Å². The SMILES string of the molecule is N=C/C(=C\N)c1ccc2c(ccn2CC2CCCN(C(=O)Cc3ccccc3)CC2)c1. The average molecular weight is 415 g/mol. The molecule has 1 saturated heterocycles. The molecule has 5 heteroatoms. The van der Waals surface area contributed by atoms with Crippen LogP contribution in [0.1, 0.15) is 30.4 Å². The number of benzene rings is 2. The highest BCUT2D eigenvalue weighted by atomic mass is 16.2. The minimum Gasteiger partial charge on any atom is -0.404 e. The van der Waals surface area contributed by atoms with Crippen LogP contribution in [0.25, 0.3) is 16.5 Å². The molecule has 0 bridgehead atoms. The normalized spacial score (nSPS) is 17.5. The fourth-order valence-electron chi connectivity index (χ4n) is 4.52. The number of likely N-dealkylation sites (tertiary alicyclic amines) is 1. The third-order valence-electron chi connectivity index (χ3n) is 6.29.